The average Bonchev–Trinajstić information content (AvgIpc) is 2.10. The Labute approximate surface area is 60.2 Å². The van der Waals surface area contributed by atoms with Crippen molar-refractivity contribution in [2.75, 3.05) is 0 Å². The van der Waals surface area contributed by atoms with Gasteiger partial charge in [0, 0.05) is 12.8 Å². The van der Waals surface area contributed by atoms with Crippen molar-refractivity contribution in [1.82, 2.24) is 0 Å². The van der Waals surface area contributed by atoms with Crippen LogP contribution in [0.2, 0.25) is 0 Å². The molecule has 0 aromatic carbocycles. The molecule has 0 bridgehead atoms. The molecule has 1 aliphatic rings. The molecule has 2 unspecified atom stereocenters. The highest BCUT2D eigenvalue weighted by atomic mass is 17.3. The molecule has 60 valence electrons. The van der Waals surface area contributed by atoms with E-state index in [1.165, 1.54) is 0 Å². The van der Waals surface area contributed by atoms with Crippen molar-refractivity contribution in [1.29, 1.82) is 0 Å². The zero-order valence-electron chi connectivity index (χ0n) is 6.46. The van der Waals surface area contributed by atoms with E-state index in [0.29, 0.717) is 0 Å². The van der Waals surface area contributed by atoms with Gasteiger partial charge < -0.3 is 4.74 Å². The summed E-state index contributed by atoms with van der Waals surface area (Å²) in [4.78, 5) is 9.45. The second-order valence-corrected chi connectivity index (χ2v) is 2.93. The van der Waals surface area contributed by atoms with Gasteiger partial charge in [-0.2, -0.15) is 9.78 Å². The van der Waals surface area contributed by atoms with Gasteiger partial charge in [0.1, 0.15) is 0 Å². The quantitative estimate of drug-likeness (QED) is 0.551. The molecule has 0 aromatic rings. The molecule has 0 aromatic heterocycles. The Balaban J connectivity index is 2.43. The number of hydrogen-bond donors (Lipinski definition) is 1. The normalized spacial score (nSPS) is 41.1. The summed E-state index contributed by atoms with van der Waals surface area (Å²) in [6, 6.07) is 0. The van der Waals surface area contributed by atoms with Crippen LogP contribution in [0.1, 0.15) is 20.8 Å². The van der Waals surface area contributed by atoms with Crippen molar-refractivity contribution < 1.29 is 14.5 Å². The Bertz CT molecular complexity index is 124. The van der Waals surface area contributed by atoms with E-state index in [-0.39, 0.29) is 12.2 Å². The summed E-state index contributed by atoms with van der Waals surface area (Å²) in [5.74, 6) is -0.819. The third kappa shape index (κ3) is 1.67. The van der Waals surface area contributed by atoms with E-state index in [2.05, 4.69) is 4.89 Å². The largest absolute Gasteiger partial charge is 0.303 e. The van der Waals surface area contributed by atoms with Gasteiger partial charge in [0.25, 0.3) is 5.91 Å². The monoisotopic (exact) mass is 147 g/mol. The van der Waals surface area contributed by atoms with Crippen LogP contribution >= 0.6 is 0 Å². The molecule has 10 heavy (non-hydrogen) atoms. The highest BCUT2D eigenvalue weighted by Crippen LogP contribution is 2.23. The van der Waals surface area contributed by atoms with Gasteiger partial charge in [0.15, 0.2) is 6.29 Å². The first kappa shape index (κ1) is 7.94. The molecule has 2 N–H and O–H groups in total. The van der Waals surface area contributed by atoms with Crippen molar-refractivity contribution in [3.63, 3.8) is 0 Å². The summed E-state index contributed by atoms with van der Waals surface area (Å²) < 4.78 is 5.14. The number of ether oxygens (including phenoxy) is 1. The Morgan fingerprint density at radius 2 is 2.10 bits per heavy atom. The minimum Gasteiger partial charge on any atom is -0.303 e. The standard InChI is InChI=1S/C6H13NO3/c1-4(2)5-8-6(3,7)10-9-5/h4-5H,7H2,1-3H3. The third-order valence-corrected chi connectivity index (χ3v) is 1.20. The second kappa shape index (κ2) is 2.47. The molecule has 1 aliphatic heterocycles. The molecule has 2 atom stereocenters. The molecule has 4 nitrogen and oxygen atoms in total. The van der Waals surface area contributed by atoms with E-state index in [0.717, 1.165) is 0 Å². The van der Waals surface area contributed by atoms with Crippen molar-refractivity contribution in [3.05, 3.63) is 0 Å². The van der Waals surface area contributed by atoms with Gasteiger partial charge in [-0.15, -0.1) is 0 Å². The summed E-state index contributed by atoms with van der Waals surface area (Å²) in [5, 5.41) is 0. The summed E-state index contributed by atoms with van der Waals surface area (Å²) in [7, 11) is 0. The van der Waals surface area contributed by atoms with Gasteiger partial charge in [0.05, 0.1) is 0 Å². The van der Waals surface area contributed by atoms with Crippen LogP contribution in [-0.2, 0) is 14.5 Å². The van der Waals surface area contributed by atoms with E-state index >= 15 is 0 Å². The molecular formula is C6H13NO3. The minimum atomic E-state index is -1.07. The number of hydrogen-bond acceptors (Lipinski definition) is 4. The lowest BCUT2D eigenvalue weighted by atomic mass is 10.2. The highest BCUT2D eigenvalue weighted by molar-refractivity contribution is 4.59. The number of nitrogens with two attached hydrogens (primary N) is 1. The maximum Gasteiger partial charge on any atom is 0.255 e. The molecular weight excluding hydrogens is 134 g/mol. The van der Waals surface area contributed by atoms with Gasteiger partial charge in [-0.1, -0.05) is 13.8 Å². The van der Waals surface area contributed by atoms with E-state index in [4.69, 9.17) is 15.4 Å². The fourth-order valence-electron chi connectivity index (χ4n) is 0.660. The average molecular weight is 147 g/mol. The molecule has 0 saturated carbocycles. The van der Waals surface area contributed by atoms with E-state index < -0.39 is 5.91 Å². The SMILES string of the molecule is CC(C)C1OOC(C)(N)O1. The Morgan fingerprint density at radius 1 is 1.50 bits per heavy atom. The zero-order chi connectivity index (χ0) is 7.78. The molecule has 1 rings (SSSR count). The fraction of sp³-hybridized carbons (Fsp3) is 1.00. The van der Waals surface area contributed by atoms with Crippen LogP contribution in [0.3, 0.4) is 0 Å². The van der Waals surface area contributed by atoms with Crippen LogP contribution in [0.15, 0.2) is 0 Å². The summed E-state index contributed by atoms with van der Waals surface area (Å²) in [6.45, 7) is 5.54. The van der Waals surface area contributed by atoms with Crippen molar-refractivity contribution in [2.45, 2.75) is 33.0 Å². The maximum atomic E-state index is 5.44. The first-order valence-electron chi connectivity index (χ1n) is 3.32. The van der Waals surface area contributed by atoms with E-state index in [1.807, 2.05) is 13.8 Å². The lowest BCUT2D eigenvalue weighted by Gasteiger charge is -2.13. The highest BCUT2D eigenvalue weighted by Gasteiger charge is 2.37. The van der Waals surface area contributed by atoms with Gasteiger partial charge in [-0.25, -0.2) is 0 Å². The molecule has 1 heterocycles. The van der Waals surface area contributed by atoms with Crippen molar-refractivity contribution in [3.8, 4) is 0 Å². The van der Waals surface area contributed by atoms with E-state index in [1.54, 1.807) is 6.92 Å². The molecule has 0 aliphatic carbocycles. The Hall–Kier alpha value is -0.160. The van der Waals surface area contributed by atoms with Crippen LogP contribution in [0.4, 0.5) is 0 Å². The maximum absolute atomic E-state index is 5.44. The summed E-state index contributed by atoms with van der Waals surface area (Å²) >= 11 is 0. The van der Waals surface area contributed by atoms with Crippen molar-refractivity contribution >= 4 is 0 Å². The van der Waals surface area contributed by atoms with Crippen LogP contribution in [0, 0.1) is 5.92 Å². The van der Waals surface area contributed by atoms with E-state index in [9.17, 15) is 0 Å². The summed E-state index contributed by atoms with van der Waals surface area (Å²) in [6.07, 6.45) is -0.338. The predicted octanol–water partition coefficient (Wildman–Crippen LogP) is 0.579. The first-order chi connectivity index (χ1) is 4.51. The molecule has 0 spiro atoms. The van der Waals surface area contributed by atoms with Crippen LogP contribution in [0.25, 0.3) is 0 Å². The Kier molecular flexibility index (Phi) is 1.96. The third-order valence-electron chi connectivity index (χ3n) is 1.20. The molecule has 1 fully saturated rings. The van der Waals surface area contributed by atoms with Gasteiger partial charge in [-0.05, 0) is 0 Å². The minimum absolute atomic E-state index is 0.255. The molecule has 4 heteroatoms. The summed E-state index contributed by atoms with van der Waals surface area (Å²) in [5.41, 5.74) is 5.44. The lowest BCUT2D eigenvalue weighted by Crippen LogP contribution is -2.38. The number of rotatable bonds is 1. The first-order valence-corrected chi connectivity index (χ1v) is 3.32. The topological polar surface area (TPSA) is 53.7 Å². The van der Waals surface area contributed by atoms with Gasteiger partial charge in [-0.3, -0.25) is 5.73 Å². The predicted molar refractivity (Wildman–Crippen MR) is 34.5 cm³/mol. The van der Waals surface area contributed by atoms with Crippen molar-refractivity contribution in [2.24, 2.45) is 11.7 Å². The fourth-order valence-corrected chi connectivity index (χ4v) is 0.660. The smallest absolute Gasteiger partial charge is 0.255 e. The molecule has 1 saturated heterocycles. The molecule has 0 amide bonds. The van der Waals surface area contributed by atoms with Crippen LogP contribution in [-0.4, -0.2) is 12.2 Å². The van der Waals surface area contributed by atoms with Crippen LogP contribution < -0.4 is 5.73 Å². The lowest BCUT2D eigenvalue weighted by molar-refractivity contribution is -0.327. The van der Waals surface area contributed by atoms with Crippen LogP contribution in [0.5, 0.6) is 0 Å². The Morgan fingerprint density at radius 3 is 2.30 bits per heavy atom. The zero-order valence-corrected chi connectivity index (χ0v) is 6.46. The molecule has 0 radical (unpaired) electrons. The second-order valence-electron chi connectivity index (χ2n) is 2.93. The van der Waals surface area contributed by atoms with Gasteiger partial charge in [0.2, 0.25) is 0 Å². The van der Waals surface area contributed by atoms with Gasteiger partial charge >= 0.3 is 0 Å².